The summed E-state index contributed by atoms with van der Waals surface area (Å²) in [7, 11) is 1.15. The molecule has 1 rings (SSSR count). The van der Waals surface area contributed by atoms with Crippen molar-refractivity contribution in [2.24, 2.45) is 5.92 Å². The molecule has 1 unspecified atom stereocenters. The highest BCUT2D eigenvalue weighted by Crippen LogP contribution is 2.22. The third-order valence-electron chi connectivity index (χ3n) is 2.85. The van der Waals surface area contributed by atoms with Gasteiger partial charge in [0.25, 0.3) is 0 Å². The molecule has 0 aromatic heterocycles. The summed E-state index contributed by atoms with van der Waals surface area (Å²) in [5, 5.41) is 2.91. The number of anilines is 1. The van der Waals surface area contributed by atoms with Crippen molar-refractivity contribution in [3.8, 4) is 0 Å². The molecule has 18 heavy (non-hydrogen) atoms. The van der Waals surface area contributed by atoms with E-state index in [0.29, 0.717) is 6.07 Å². The van der Waals surface area contributed by atoms with Crippen LogP contribution in [0.3, 0.4) is 0 Å². The van der Waals surface area contributed by atoms with Gasteiger partial charge in [0.1, 0.15) is 11.6 Å². The quantitative estimate of drug-likeness (QED) is 0.842. The zero-order valence-corrected chi connectivity index (χ0v) is 10.9. The predicted octanol–water partition coefficient (Wildman–Crippen LogP) is 3.21. The molecule has 3 nitrogen and oxygen atoms in total. The van der Waals surface area contributed by atoms with E-state index in [9.17, 15) is 13.6 Å². The topological polar surface area (TPSA) is 38.3 Å². The Bertz CT molecular complexity index is 447. The van der Waals surface area contributed by atoms with Crippen molar-refractivity contribution in [1.29, 1.82) is 0 Å². The molecule has 0 aliphatic heterocycles. The molecular weight excluding hydrogens is 240 g/mol. The van der Waals surface area contributed by atoms with Gasteiger partial charge in [-0.3, -0.25) is 0 Å². The molecule has 0 aliphatic rings. The van der Waals surface area contributed by atoms with Gasteiger partial charge in [0.05, 0.1) is 18.4 Å². The summed E-state index contributed by atoms with van der Waals surface area (Å²) < 4.78 is 31.4. The molecule has 1 aromatic carbocycles. The lowest BCUT2D eigenvalue weighted by molar-refractivity contribution is 0.0595. The van der Waals surface area contributed by atoms with Crippen LogP contribution in [0.5, 0.6) is 0 Å². The number of rotatable bonds is 4. The molecule has 0 saturated heterocycles. The molecule has 0 bridgehead atoms. The van der Waals surface area contributed by atoms with Crippen LogP contribution in [0.25, 0.3) is 0 Å². The van der Waals surface area contributed by atoms with Gasteiger partial charge in [-0.1, -0.05) is 13.8 Å². The van der Waals surface area contributed by atoms with Crippen LogP contribution >= 0.6 is 0 Å². The van der Waals surface area contributed by atoms with E-state index in [0.717, 1.165) is 13.2 Å². The van der Waals surface area contributed by atoms with E-state index < -0.39 is 17.6 Å². The molecule has 1 N–H and O–H groups in total. The number of ether oxygens (including phenoxy) is 1. The second-order valence-corrected chi connectivity index (χ2v) is 4.48. The summed E-state index contributed by atoms with van der Waals surface area (Å²) in [6.07, 6.45) is 0. The summed E-state index contributed by atoms with van der Waals surface area (Å²) in [5.74, 6) is -2.21. The number of carbonyl (C=O) groups excluding carboxylic acids is 1. The van der Waals surface area contributed by atoms with E-state index in [-0.39, 0.29) is 23.2 Å². The Balaban J connectivity index is 3.09. The molecular formula is C13H17F2NO2. The van der Waals surface area contributed by atoms with Gasteiger partial charge in [0, 0.05) is 12.1 Å². The Morgan fingerprint density at radius 2 is 1.83 bits per heavy atom. The van der Waals surface area contributed by atoms with Gasteiger partial charge in [0.2, 0.25) is 0 Å². The summed E-state index contributed by atoms with van der Waals surface area (Å²) >= 11 is 0. The SMILES string of the molecule is COC(=O)c1cc(NC(C)C(C)C)c(F)cc1F. The number of hydrogen-bond donors (Lipinski definition) is 1. The smallest absolute Gasteiger partial charge is 0.340 e. The fourth-order valence-electron chi connectivity index (χ4n) is 1.34. The minimum atomic E-state index is -0.929. The monoisotopic (exact) mass is 257 g/mol. The maximum atomic E-state index is 13.6. The van der Waals surface area contributed by atoms with Crippen molar-refractivity contribution in [3.05, 3.63) is 29.3 Å². The number of benzene rings is 1. The van der Waals surface area contributed by atoms with Crippen LogP contribution in [0.4, 0.5) is 14.5 Å². The van der Waals surface area contributed by atoms with Crippen LogP contribution < -0.4 is 5.32 Å². The Kier molecular flexibility index (Phi) is 4.64. The highest BCUT2D eigenvalue weighted by atomic mass is 19.1. The molecule has 1 atom stereocenters. The average molecular weight is 257 g/mol. The molecule has 0 amide bonds. The van der Waals surface area contributed by atoms with Crippen LogP contribution in [0.15, 0.2) is 12.1 Å². The molecule has 0 fully saturated rings. The Morgan fingerprint density at radius 1 is 1.22 bits per heavy atom. The Morgan fingerprint density at radius 3 is 2.33 bits per heavy atom. The molecule has 0 heterocycles. The zero-order chi connectivity index (χ0) is 13.9. The van der Waals surface area contributed by atoms with E-state index in [1.165, 1.54) is 0 Å². The van der Waals surface area contributed by atoms with Gasteiger partial charge in [-0.05, 0) is 18.9 Å². The second kappa shape index (κ2) is 5.80. The number of esters is 1. The normalized spacial score (nSPS) is 12.4. The first-order valence-corrected chi connectivity index (χ1v) is 5.70. The van der Waals surface area contributed by atoms with Crippen molar-refractivity contribution < 1.29 is 18.3 Å². The molecule has 100 valence electrons. The average Bonchev–Trinajstić information content (AvgIpc) is 2.31. The van der Waals surface area contributed by atoms with Crippen molar-refractivity contribution in [3.63, 3.8) is 0 Å². The lowest BCUT2D eigenvalue weighted by Crippen LogP contribution is -2.22. The molecule has 0 radical (unpaired) electrons. The van der Waals surface area contributed by atoms with Crippen LogP contribution in [0.1, 0.15) is 31.1 Å². The van der Waals surface area contributed by atoms with Gasteiger partial charge in [-0.25, -0.2) is 13.6 Å². The number of hydrogen-bond acceptors (Lipinski definition) is 3. The van der Waals surface area contributed by atoms with Crippen molar-refractivity contribution in [2.75, 3.05) is 12.4 Å². The van der Waals surface area contributed by atoms with E-state index in [2.05, 4.69) is 10.1 Å². The van der Waals surface area contributed by atoms with E-state index in [1.807, 2.05) is 20.8 Å². The first-order valence-electron chi connectivity index (χ1n) is 5.70. The molecule has 0 spiro atoms. The van der Waals surface area contributed by atoms with Crippen molar-refractivity contribution >= 4 is 11.7 Å². The number of nitrogens with one attached hydrogen (secondary N) is 1. The largest absolute Gasteiger partial charge is 0.465 e. The third kappa shape index (κ3) is 3.18. The first kappa shape index (κ1) is 14.4. The summed E-state index contributed by atoms with van der Waals surface area (Å²) in [5.41, 5.74) is -0.185. The fourth-order valence-corrected chi connectivity index (χ4v) is 1.34. The summed E-state index contributed by atoms with van der Waals surface area (Å²) in [6.45, 7) is 5.83. The maximum Gasteiger partial charge on any atom is 0.340 e. The van der Waals surface area contributed by atoms with Crippen molar-refractivity contribution in [2.45, 2.75) is 26.8 Å². The minimum absolute atomic E-state index is 0.00421. The van der Waals surface area contributed by atoms with Crippen LogP contribution in [0.2, 0.25) is 0 Å². The predicted molar refractivity (Wildman–Crippen MR) is 65.6 cm³/mol. The van der Waals surface area contributed by atoms with Crippen LogP contribution in [-0.2, 0) is 4.74 Å². The standard InChI is InChI=1S/C13H17F2NO2/c1-7(2)8(3)16-12-5-9(13(17)18-4)10(14)6-11(12)15/h5-8,16H,1-4H3. The second-order valence-electron chi connectivity index (χ2n) is 4.48. The van der Waals surface area contributed by atoms with Gasteiger partial charge in [-0.15, -0.1) is 0 Å². The molecule has 5 heteroatoms. The Hall–Kier alpha value is -1.65. The highest BCUT2D eigenvalue weighted by molar-refractivity contribution is 5.90. The highest BCUT2D eigenvalue weighted by Gasteiger charge is 2.18. The van der Waals surface area contributed by atoms with Crippen LogP contribution in [-0.4, -0.2) is 19.1 Å². The molecule has 1 aromatic rings. The minimum Gasteiger partial charge on any atom is -0.465 e. The lowest BCUT2D eigenvalue weighted by Gasteiger charge is -2.19. The van der Waals surface area contributed by atoms with Gasteiger partial charge in [-0.2, -0.15) is 0 Å². The fraction of sp³-hybridized carbons (Fsp3) is 0.462. The number of methoxy groups -OCH3 is 1. The zero-order valence-electron chi connectivity index (χ0n) is 10.9. The van der Waals surface area contributed by atoms with Crippen LogP contribution in [0, 0.1) is 17.6 Å². The van der Waals surface area contributed by atoms with E-state index in [4.69, 9.17) is 0 Å². The van der Waals surface area contributed by atoms with Gasteiger partial charge >= 0.3 is 5.97 Å². The van der Waals surface area contributed by atoms with E-state index >= 15 is 0 Å². The van der Waals surface area contributed by atoms with Crippen molar-refractivity contribution in [1.82, 2.24) is 0 Å². The third-order valence-corrected chi connectivity index (χ3v) is 2.85. The summed E-state index contributed by atoms with van der Waals surface area (Å²) in [6, 6.07) is 1.81. The van der Waals surface area contributed by atoms with Gasteiger partial charge < -0.3 is 10.1 Å². The number of halogens is 2. The lowest BCUT2D eigenvalue weighted by atomic mass is 10.1. The maximum absolute atomic E-state index is 13.6. The number of carbonyl (C=O) groups is 1. The first-order chi connectivity index (χ1) is 8.36. The Labute approximate surface area is 105 Å². The molecule has 0 aliphatic carbocycles. The van der Waals surface area contributed by atoms with Gasteiger partial charge in [0.15, 0.2) is 0 Å². The summed E-state index contributed by atoms with van der Waals surface area (Å²) in [4.78, 5) is 11.3. The van der Waals surface area contributed by atoms with E-state index in [1.54, 1.807) is 0 Å². The molecule has 0 saturated carbocycles.